The first-order valence-corrected chi connectivity index (χ1v) is 15.1. The number of likely N-dealkylation sites (N-methyl/N-ethyl adjacent to an activating group) is 1. The second-order valence-electron chi connectivity index (χ2n) is 9.69. The smallest absolute Gasteiger partial charge is 0.264 e. The summed E-state index contributed by atoms with van der Waals surface area (Å²) in [6.07, 6.45) is 0.237. The topological polar surface area (TPSA) is 105 Å². The van der Waals surface area contributed by atoms with Crippen LogP contribution in [0.25, 0.3) is 0 Å². The molecule has 4 aromatic rings. The summed E-state index contributed by atoms with van der Waals surface area (Å²) in [5, 5.41) is 2.68. The Bertz CT molecular complexity index is 1620. The third kappa shape index (κ3) is 7.52. The van der Waals surface area contributed by atoms with Crippen molar-refractivity contribution in [1.82, 2.24) is 10.2 Å². The number of rotatable bonds is 13. The number of sulfonamides is 1. The fourth-order valence-electron chi connectivity index (χ4n) is 4.73. The second kappa shape index (κ2) is 14.4. The fourth-order valence-corrected chi connectivity index (χ4v) is 6.16. The molecule has 0 heterocycles. The molecule has 0 aliphatic rings. The summed E-state index contributed by atoms with van der Waals surface area (Å²) in [5.74, 6) is -0.212. The maximum atomic E-state index is 14.3. The molecule has 9 nitrogen and oxygen atoms in total. The Hall–Kier alpha value is -4.83. The van der Waals surface area contributed by atoms with E-state index >= 15 is 0 Å². The molecule has 10 heteroatoms. The summed E-state index contributed by atoms with van der Waals surface area (Å²) in [5.41, 5.74) is 1.85. The van der Waals surface area contributed by atoms with Crippen molar-refractivity contribution in [1.29, 1.82) is 0 Å². The normalized spacial score (nSPS) is 11.7. The summed E-state index contributed by atoms with van der Waals surface area (Å²) in [4.78, 5) is 29.1. The molecule has 0 aliphatic heterocycles. The van der Waals surface area contributed by atoms with E-state index in [1.807, 2.05) is 60.7 Å². The van der Waals surface area contributed by atoms with Gasteiger partial charge in [0.25, 0.3) is 10.0 Å². The lowest BCUT2D eigenvalue weighted by atomic mass is 10.0. The SMILES string of the molecule is CNC(=O)[C@@H](Cc1ccccc1)N(Cc1ccccc1)C(=O)CN(c1ccc(OC)c(OC)c1)S(=O)(=O)c1ccccc1. The molecule has 4 rings (SSSR count). The lowest BCUT2D eigenvalue weighted by molar-refractivity contribution is -0.139. The largest absolute Gasteiger partial charge is 0.493 e. The molecule has 1 N–H and O–H groups in total. The van der Waals surface area contributed by atoms with Gasteiger partial charge < -0.3 is 19.7 Å². The van der Waals surface area contributed by atoms with Crippen LogP contribution in [0.3, 0.4) is 0 Å². The number of nitrogens with zero attached hydrogens (tertiary/aromatic N) is 2. The number of anilines is 1. The van der Waals surface area contributed by atoms with Gasteiger partial charge in [0.05, 0.1) is 24.8 Å². The van der Waals surface area contributed by atoms with E-state index in [4.69, 9.17) is 9.47 Å². The minimum atomic E-state index is -4.22. The van der Waals surface area contributed by atoms with Crippen molar-refractivity contribution < 1.29 is 27.5 Å². The van der Waals surface area contributed by atoms with Gasteiger partial charge in [-0.2, -0.15) is 0 Å². The summed E-state index contributed by atoms with van der Waals surface area (Å²) in [6.45, 7) is -0.475. The molecule has 0 saturated carbocycles. The zero-order chi connectivity index (χ0) is 30.8. The van der Waals surface area contributed by atoms with Gasteiger partial charge in [-0.05, 0) is 35.4 Å². The number of ether oxygens (including phenoxy) is 2. The molecule has 4 aromatic carbocycles. The van der Waals surface area contributed by atoms with Crippen LogP contribution < -0.4 is 19.1 Å². The third-order valence-corrected chi connectivity index (χ3v) is 8.77. The number of carbonyl (C=O) groups excluding carboxylic acids is 2. The standard InChI is InChI=1S/C33H35N3O6S/c1-34-33(38)29(21-25-13-7-4-8-14-25)35(23-26-15-9-5-10-16-26)32(37)24-36(43(39,40)28-17-11-6-12-18-28)27-19-20-30(41-2)31(22-27)42-3/h4-20,22,29H,21,23-24H2,1-3H3,(H,34,38)/t29-/m1/s1. The third-order valence-electron chi connectivity index (χ3n) is 6.98. The zero-order valence-corrected chi connectivity index (χ0v) is 25.2. The Morgan fingerprint density at radius 3 is 1.88 bits per heavy atom. The molecule has 224 valence electrons. The van der Waals surface area contributed by atoms with Gasteiger partial charge in [-0.25, -0.2) is 8.42 Å². The van der Waals surface area contributed by atoms with Crippen molar-refractivity contribution in [3.63, 3.8) is 0 Å². The minimum Gasteiger partial charge on any atom is -0.493 e. The van der Waals surface area contributed by atoms with Gasteiger partial charge in [0.15, 0.2) is 11.5 Å². The molecule has 0 fully saturated rings. The number of hydrogen-bond acceptors (Lipinski definition) is 6. The van der Waals surface area contributed by atoms with Gasteiger partial charge in [0.1, 0.15) is 12.6 Å². The minimum absolute atomic E-state index is 0.0133. The van der Waals surface area contributed by atoms with E-state index in [0.717, 1.165) is 15.4 Å². The van der Waals surface area contributed by atoms with Gasteiger partial charge in [0.2, 0.25) is 11.8 Å². The van der Waals surface area contributed by atoms with Gasteiger partial charge in [-0.15, -0.1) is 0 Å². The van der Waals surface area contributed by atoms with Crippen molar-refractivity contribution in [2.75, 3.05) is 32.1 Å². The number of hydrogen-bond donors (Lipinski definition) is 1. The molecule has 0 aromatic heterocycles. The Morgan fingerprint density at radius 2 is 1.33 bits per heavy atom. The highest BCUT2D eigenvalue weighted by Gasteiger charge is 2.34. The molecule has 0 bridgehead atoms. The van der Waals surface area contributed by atoms with Crippen molar-refractivity contribution in [2.24, 2.45) is 0 Å². The predicted octanol–water partition coefficient (Wildman–Crippen LogP) is 4.29. The van der Waals surface area contributed by atoms with E-state index in [1.54, 1.807) is 30.3 Å². The van der Waals surface area contributed by atoms with E-state index in [2.05, 4.69) is 5.32 Å². The molecule has 0 aliphatic carbocycles. The molecule has 0 saturated heterocycles. The maximum absolute atomic E-state index is 14.3. The summed E-state index contributed by atoms with van der Waals surface area (Å²) < 4.78 is 39.9. The fraction of sp³-hybridized carbons (Fsp3) is 0.212. The van der Waals surface area contributed by atoms with Crippen LogP contribution >= 0.6 is 0 Å². The van der Waals surface area contributed by atoms with E-state index in [1.165, 1.54) is 44.4 Å². The van der Waals surface area contributed by atoms with Crippen LogP contribution in [0.4, 0.5) is 5.69 Å². The second-order valence-corrected chi connectivity index (χ2v) is 11.6. The molecular formula is C33H35N3O6S. The highest BCUT2D eigenvalue weighted by molar-refractivity contribution is 7.92. The first-order valence-electron chi connectivity index (χ1n) is 13.7. The van der Waals surface area contributed by atoms with Gasteiger partial charge >= 0.3 is 0 Å². The Morgan fingerprint density at radius 1 is 0.767 bits per heavy atom. The van der Waals surface area contributed by atoms with E-state index < -0.39 is 28.5 Å². The molecule has 43 heavy (non-hydrogen) atoms. The molecule has 0 spiro atoms. The Labute approximate surface area is 252 Å². The summed E-state index contributed by atoms with van der Waals surface area (Å²) in [7, 11) is 0.219. The Kier molecular flexibility index (Phi) is 10.4. The number of carbonyl (C=O) groups is 2. The van der Waals surface area contributed by atoms with Gasteiger partial charge in [-0.1, -0.05) is 78.9 Å². The van der Waals surface area contributed by atoms with Crippen LogP contribution in [0.15, 0.2) is 114 Å². The van der Waals surface area contributed by atoms with Crippen LogP contribution in [0, 0.1) is 0 Å². The average Bonchev–Trinajstić information content (AvgIpc) is 3.05. The van der Waals surface area contributed by atoms with Crippen LogP contribution in [0.1, 0.15) is 11.1 Å². The first-order chi connectivity index (χ1) is 20.8. The van der Waals surface area contributed by atoms with Crippen LogP contribution in [-0.2, 0) is 32.6 Å². The van der Waals surface area contributed by atoms with Crippen molar-refractivity contribution in [2.45, 2.75) is 23.9 Å². The van der Waals surface area contributed by atoms with Gasteiger partial charge in [0, 0.05) is 26.1 Å². The molecular weight excluding hydrogens is 566 g/mol. The molecule has 0 unspecified atom stereocenters. The van der Waals surface area contributed by atoms with Gasteiger partial charge in [-0.3, -0.25) is 13.9 Å². The van der Waals surface area contributed by atoms with Crippen molar-refractivity contribution in [3.8, 4) is 11.5 Å². The molecule has 1 atom stereocenters. The van der Waals surface area contributed by atoms with E-state index in [-0.39, 0.29) is 29.5 Å². The van der Waals surface area contributed by atoms with Crippen LogP contribution in [0.5, 0.6) is 11.5 Å². The lowest BCUT2D eigenvalue weighted by Gasteiger charge is -2.33. The van der Waals surface area contributed by atoms with E-state index in [9.17, 15) is 18.0 Å². The molecule has 0 radical (unpaired) electrons. The number of amides is 2. The van der Waals surface area contributed by atoms with Crippen molar-refractivity contribution >= 4 is 27.5 Å². The van der Waals surface area contributed by atoms with E-state index in [0.29, 0.717) is 11.5 Å². The highest BCUT2D eigenvalue weighted by Crippen LogP contribution is 2.34. The monoisotopic (exact) mass is 601 g/mol. The lowest BCUT2D eigenvalue weighted by Crippen LogP contribution is -2.53. The van der Waals surface area contributed by atoms with Crippen molar-refractivity contribution in [3.05, 3.63) is 120 Å². The Balaban J connectivity index is 1.80. The summed E-state index contributed by atoms with van der Waals surface area (Å²) >= 11 is 0. The average molecular weight is 602 g/mol. The zero-order valence-electron chi connectivity index (χ0n) is 24.3. The first kappa shape index (κ1) is 31.1. The molecule has 2 amide bonds. The van der Waals surface area contributed by atoms with Crippen LogP contribution in [0.2, 0.25) is 0 Å². The summed E-state index contributed by atoms with van der Waals surface area (Å²) in [6, 6.07) is 30.3. The predicted molar refractivity (Wildman–Crippen MR) is 166 cm³/mol. The highest BCUT2D eigenvalue weighted by atomic mass is 32.2. The quantitative estimate of drug-likeness (QED) is 0.245. The number of benzene rings is 4. The van der Waals surface area contributed by atoms with Crippen LogP contribution in [-0.4, -0.2) is 59.0 Å². The number of nitrogens with one attached hydrogen (secondary N) is 1. The number of methoxy groups -OCH3 is 2. The maximum Gasteiger partial charge on any atom is 0.264 e.